The number of aromatic hydroxyl groups is 1. The Morgan fingerprint density at radius 2 is 1.84 bits per heavy atom. The zero-order valence-electron chi connectivity index (χ0n) is 18.1. The van der Waals surface area contributed by atoms with Crippen LogP contribution in [0, 0.1) is 6.92 Å². The maximum Gasteiger partial charge on any atom is 0.348 e. The molecule has 0 amide bonds. The number of nitrogens with zero attached hydrogens (tertiary/aromatic N) is 2. The van der Waals surface area contributed by atoms with E-state index in [9.17, 15) is 9.90 Å². The summed E-state index contributed by atoms with van der Waals surface area (Å²) in [6, 6.07) is 17.5. The highest BCUT2D eigenvalue weighted by molar-refractivity contribution is 6.05. The van der Waals surface area contributed by atoms with Gasteiger partial charge in [-0.2, -0.15) is 0 Å². The summed E-state index contributed by atoms with van der Waals surface area (Å²) in [5.74, 6) is 0.255. The second kappa shape index (κ2) is 8.68. The number of aliphatic imine (C=N–C) groups is 1. The Hall–Kier alpha value is -3.54. The van der Waals surface area contributed by atoms with Gasteiger partial charge in [-0.15, -0.1) is 0 Å². The highest BCUT2D eigenvalue weighted by Gasteiger charge is 2.25. The molecule has 0 spiro atoms. The molecular formula is C25H27N3O3. The van der Waals surface area contributed by atoms with Crippen LogP contribution in [0.15, 0.2) is 68.8 Å². The van der Waals surface area contributed by atoms with Gasteiger partial charge in [0, 0.05) is 31.3 Å². The van der Waals surface area contributed by atoms with Crippen molar-refractivity contribution in [1.82, 2.24) is 0 Å². The molecule has 6 heteroatoms. The molecule has 0 bridgehead atoms. The SMILES string of the molecule is CCN(CC)c1ccc([C@H]2CC(c3c(O)cc(C)oc3=O)=Nc3ccccc3N2)cc1. The first-order valence-corrected chi connectivity index (χ1v) is 10.6. The van der Waals surface area contributed by atoms with Gasteiger partial charge in [-0.05, 0) is 50.6 Å². The van der Waals surface area contributed by atoms with Crippen LogP contribution in [-0.4, -0.2) is 23.9 Å². The normalized spacial score (nSPS) is 15.5. The molecule has 0 aliphatic carbocycles. The molecule has 2 aromatic carbocycles. The fourth-order valence-electron chi connectivity index (χ4n) is 4.04. The fraction of sp³-hybridized carbons (Fsp3) is 0.280. The van der Waals surface area contributed by atoms with Gasteiger partial charge in [-0.1, -0.05) is 24.3 Å². The van der Waals surface area contributed by atoms with Crippen molar-refractivity contribution in [3.05, 3.63) is 81.9 Å². The molecule has 4 rings (SSSR count). The fourth-order valence-corrected chi connectivity index (χ4v) is 4.04. The third kappa shape index (κ3) is 4.19. The summed E-state index contributed by atoms with van der Waals surface area (Å²) in [4.78, 5) is 19.6. The molecule has 1 atom stereocenters. The summed E-state index contributed by atoms with van der Waals surface area (Å²) < 4.78 is 5.26. The van der Waals surface area contributed by atoms with Crippen LogP contribution in [0.5, 0.6) is 5.75 Å². The largest absolute Gasteiger partial charge is 0.507 e. The van der Waals surface area contributed by atoms with Crippen molar-refractivity contribution < 1.29 is 9.52 Å². The van der Waals surface area contributed by atoms with Crippen molar-refractivity contribution in [1.29, 1.82) is 0 Å². The van der Waals surface area contributed by atoms with Crippen molar-refractivity contribution in [2.24, 2.45) is 4.99 Å². The molecule has 0 radical (unpaired) electrons. The molecule has 1 aliphatic rings. The van der Waals surface area contributed by atoms with Crippen LogP contribution in [0.4, 0.5) is 17.1 Å². The number of benzene rings is 2. The Labute approximate surface area is 181 Å². The van der Waals surface area contributed by atoms with E-state index in [1.54, 1.807) is 6.92 Å². The van der Waals surface area contributed by atoms with Gasteiger partial charge in [-0.25, -0.2) is 4.79 Å². The predicted octanol–water partition coefficient (Wildman–Crippen LogP) is 5.18. The second-order valence-corrected chi connectivity index (χ2v) is 7.65. The molecule has 0 saturated carbocycles. The summed E-state index contributed by atoms with van der Waals surface area (Å²) in [5.41, 5.74) is 3.90. The lowest BCUT2D eigenvalue weighted by molar-refractivity contribution is 0.432. The van der Waals surface area contributed by atoms with Crippen LogP contribution in [0.25, 0.3) is 0 Å². The first-order valence-electron chi connectivity index (χ1n) is 10.6. The number of hydrogen-bond acceptors (Lipinski definition) is 6. The summed E-state index contributed by atoms with van der Waals surface area (Å²) in [5, 5.41) is 14.1. The lowest BCUT2D eigenvalue weighted by atomic mass is 9.97. The topological polar surface area (TPSA) is 78.1 Å². The first kappa shape index (κ1) is 20.7. The zero-order valence-corrected chi connectivity index (χ0v) is 18.1. The summed E-state index contributed by atoms with van der Waals surface area (Å²) in [6.07, 6.45) is 0.431. The van der Waals surface area contributed by atoms with Gasteiger partial charge in [0.15, 0.2) is 0 Å². The summed E-state index contributed by atoms with van der Waals surface area (Å²) in [6.45, 7) is 7.82. The number of rotatable bonds is 5. The predicted molar refractivity (Wildman–Crippen MR) is 125 cm³/mol. The van der Waals surface area contributed by atoms with Crippen molar-refractivity contribution in [3.63, 3.8) is 0 Å². The lowest BCUT2D eigenvalue weighted by Gasteiger charge is -2.23. The first-order chi connectivity index (χ1) is 15.0. The maximum absolute atomic E-state index is 12.6. The number of hydrogen-bond donors (Lipinski definition) is 2. The molecule has 1 aromatic heterocycles. The average Bonchev–Trinajstić information content (AvgIpc) is 2.94. The van der Waals surface area contributed by atoms with E-state index in [0.29, 0.717) is 17.9 Å². The van der Waals surface area contributed by atoms with E-state index in [4.69, 9.17) is 9.41 Å². The van der Waals surface area contributed by atoms with Crippen LogP contribution >= 0.6 is 0 Å². The van der Waals surface area contributed by atoms with E-state index in [1.807, 2.05) is 24.3 Å². The Bertz CT molecular complexity index is 1160. The maximum atomic E-state index is 12.6. The molecular weight excluding hydrogens is 390 g/mol. The van der Waals surface area contributed by atoms with Gasteiger partial charge >= 0.3 is 5.63 Å². The molecule has 3 aromatic rings. The monoisotopic (exact) mass is 417 g/mol. The van der Waals surface area contributed by atoms with Gasteiger partial charge < -0.3 is 19.7 Å². The molecule has 6 nitrogen and oxygen atoms in total. The molecule has 160 valence electrons. The average molecular weight is 418 g/mol. The highest BCUT2D eigenvalue weighted by Crippen LogP contribution is 2.36. The van der Waals surface area contributed by atoms with Crippen LogP contribution in [0.2, 0.25) is 0 Å². The summed E-state index contributed by atoms with van der Waals surface area (Å²) in [7, 11) is 0. The molecule has 0 fully saturated rings. The van der Waals surface area contributed by atoms with Crippen LogP contribution in [0.1, 0.15) is 43.2 Å². The number of nitrogens with one attached hydrogen (secondary N) is 1. The minimum Gasteiger partial charge on any atom is -0.507 e. The number of fused-ring (bicyclic) bond motifs is 1. The molecule has 31 heavy (non-hydrogen) atoms. The minimum atomic E-state index is -0.578. The molecule has 2 N–H and O–H groups in total. The van der Waals surface area contributed by atoms with Crippen LogP contribution in [-0.2, 0) is 0 Å². The molecule has 2 heterocycles. The van der Waals surface area contributed by atoms with E-state index in [0.717, 1.165) is 30.0 Å². The van der Waals surface area contributed by atoms with Gasteiger partial charge in [0.2, 0.25) is 0 Å². The minimum absolute atomic E-state index is 0.109. The van der Waals surface area contributed by atoms with E-state index in [-0.39, 0.29) is 17.4 Å². The number of aryl methyl sites for hydroxylation is 1. The van der Waals surface area contributed by atoms with E-state index in [1.165, 1.54) is 11.8 Å². The van der Waals surface area contributed by atoms with Crippen molar-refractivity contribution in [2.75, 3.05) is 23.3 Å². The van der Waals surface area contributed by atoms with Gasteiger partial charge in [-0.3, -0.25) is 4.99 Å². The number of para-hydroxylation sites is 2. The quantitative estimate of drug-likeness (QED) is 0.598. The van der Waals surface area contributed by atoms with Crippen molar-refractivity contribution >= 4 is 22.8 Å². The van der Waals surface area contributed by atoms with E-state index >= 15 is 0 Å². The standard InChI is InChI=1S/C25H27N3O3/c1-4-28(5-2)18-12-10-17(11-13-18)21-15-22(24-23(29)14-16(3)31-25(24)30)27-20-9-7-6-8-19(20)26-21/h6-14,21,26,29H,4-5,15H2,1-3H3/t21-/m1/s1. The highest BCUT2D eigenvalue weighted by atomic mass is 16.4. The molecule has 1 aliphatic heterocycles. The Morgan fingerprint density at radius 1 is 1.13 bits per heavy atom. The van der Waals surface area contributed by atoms with Gasteiger partial charge in [0.25, 0.3) is 0 Å². The van der Waals surface area contributed by atoms with Crippen molar-refractivity contribution in [3.8, 4) is 5.75 Å². The smallest absolute Gasteiger partial charge is 0.348 e. The second-order valence-electron chi connectivity index (χ2n) is 7.65. The Morgan fingerprint density at radius 3 is 2.52 bits per heavy atom. The third-order valence-corrected chi connectivity index (χ3v) is 5.65. The van der Waals surface area contributed by atoms with E-state index < -0.39 is 5.63 Å². The molecule has 0 unspecified atom stereocenters. The number of anilines is 2. The Kier molecular flexibility index (Phi) is 5.80. The van der Waals surface area contributed by atoms with Gasteiger partial charge in [0.05, 0.1) is 23.1 Å². The Balaban J connectivity index is 1.77. The van der Waals surface area contributed by atoms with Crippen molar-refractivity contribution in [2.45, 2.75) is 33.2 Å². The van der Waals surface area contributed by atoms with E-state index in [2.05, 4.69) is 48.3 Å². The molecule has 0 saturated heterocycles. The third-order valence-electron chi connectivity index (χ3n) is 5.65. The zero-order chi connectivity index (χ0) is 22.0. The van der Waals surface area contributed by atoms with Crippen LogP contribution in [0.3, 0.4) is 0 Å². The summed E-state index contributed by atoms with van der Waals surface area (Å²) >= 11 is 0. The lowest BCUT2D eigenvalue weighted by Crippen LogP contribution is -2.22. The van der Waals surface area contributed by atoms with Gasteiger partial charge in [0.1, 0.15) is 17.1 Å². The van der Waals surface area contributed by atoms with Crippen LogP contribution < -0.4 is 15.8 Å².